The molecule has 0 saturated carbocycles. The second-order valence-electron chi connectivity index (χ2n) is 7.18. The average Bonchev–Trinajstić information content (AvgIpc) is 2.68. The number of hydrogen-bond donors (Lipinski definition) is 1. The first-order valence-electron chi connectivity index (χ1n) is 9.28. The highest BCUT2D eigenvalue weighted by molar-refractivity contribution is 7.89. The molecule has 0 spiro atoms. The fourth-order valence-electron chi connectivity index (χ4n) is 3.29. The van der Waals surface area contributed by atoms with Crippen molar-refractivity contribution in [1.82, 2.24) is 9.21 Å². The smallest absolute Gasteiger partial charge is 0.293 e. The van der Waals surface area contributed by atoms with Gasteiger partial charge in [-0.1, -0.05) is 6.07 Å². The minimum absolute atomic E-state index is 0.0357. The topological polar surface area (TPSA) is 95.8 Å². The van der Waals surface area contributed by atoms with Crippen molar-refractivity contribution in [2.75, 3.05) is 38.5 Å². The molecule has 162 valence electrons. The monoisotopic (exact) mass is 440 g/mol. The quantitative estimate of drug-likeness (QED) is 0.548. The third-order valence-electron chi connectivity index (χ3n) is 5.07. The Morgan fingerprint density at radius 1 is 1.10 bits per heavy atom. The molecule has 1 aliphatic heterocycles. The summed E-state index contributed by atoms with van der Waals surface area (Å²) in [5, 5.41) is 14.4. The highest BCUT2D eigenvalue weighted by Gasteiger charge is 2.30. The third-order valence-corrected chi connectivity index (χ3v) is 6.96. The van der Waals surface area contributed by atoms with Crippen LogP contribution < -0.4 is 5.32 Å². The number of likely N-dealkylation sites (N-methyl/N-ethyl adjacent to an activating group) is 1. The Morgan fingerprint density at radius 3 is 2.37 bits per heavy atom. The Bertz CT molecular complexity index is 1060. The maximum atomic E-state index is 14.0. The van der Waals surface area contributed by atoms with Crippen LogP contribution in [-0.2, 0) is 10.0 Å². The molecule has 1 fully saturated rings. The van der Waals surface area contributed by atoms with Gasteiger partial charge < -0.3 is 10.2 Å². The van der Waals surface area contributed by atoms with E-state index < -0.39 is 38.3 Å². The molecule has 0 radical (unpaired) electrons. The molecule has 11 heteroatoms. The van der Waals surface area contributed by atoms with E-state index in [1.807, 2.05) is 11.9 Å². The van der Waals surface area contributed by atoms with E-state index in [4.69, 9.17) is 0 Å². The number of nitrogens with one attached hydrogen (secondary N) is 1. The van der Waals surface area contributed by atoms with Crippen molar-refractivity contribution in [2.45, 2.75) is 17.9 Å². The molecule has 30 heavy (non-hydrogen) atoms. The van der Waals surface area contributed by atoms with Crippen molar-refractivity contribution in [1.29, 1.82) is 0 Å². The summed E-state index contributed by atoms with van der Waals surface area (Å²) in [5.74, 6) is -1.51. The van der Waals surface area contributed by atoms with Gasteiger partial charge in [-0.2, -0.15) is 4.31 Å². The molecule has 3 rings (SSSR count). The zero-order chi connectivity index (χ0) is 22.1. The Labute approximate surface area is 173 Å². The summed E-state index contributed by atoms with van der Waals surface area (Å²) in [6, 6.07) is 5.94. The lowest BCUT2D eigenvalue weighted by molar-refractivity contribution is -0.384. The summed E-state index contributed by atoms with van der Waals surface area (Å²) in [5.41, 5.74) is -0.284. The highest BCUT2D eigenvalue weighted by Crippen LogP contribution is 2.32. The first-order chi connectivity index (χ1) is 14.1. The number of halogens is 2. The van der Waals surface area contributed by atoms with Crippen LogP contribution in [0.25, 0.3) is 0 Å². The standard InChI is InChI=1S/C19H22F2N4O4S/c1-13(16-5-3-14(20)11-17(16)21)22-18-6-4-15(12-19(18)25(26)27)30(28,29)24-9-7-23(2)8-10-24/h3-6,11-13,22H,7-10H2,1-2H3/t13-/m1/s1. The van der Waals surface area contributed by atoms with Gasteiger partial charge in [-0.05, 0) is 32.2 Å². The molecular formula is C19H22F2N4O4S. The molecule has 1 saturated heterocycles. The molecule has 0 bridgehead atoms. The van der Waals surface area contributed by atoms with Crippen LogP contribution in [0.5, 0.6) is 0 Å². The lowest BCUT2D eigenvalue weighted by Gasteiger charge is -2.31. The summed E-state index contributed by atoms with van der Waals surface area (Å²) in [4.78, 5) is 12.7. The second-order valence-corrected chi connectivity index (χ2v) is 9.11. The van der Waals surface area contributed by atoms with E-state index in [9.17, 15) is 27.3 Å². The molecule has 0 amide bonds. The SMILES string of the molecule is C[C@@H](Nc1ccc(S(=O)(=O)N2CCN(C)CC2)cc1[N+](=O)[O-])c1ccc(F)cc1F. The lowest BCUT2D eigenvalue weighted by atomic mass is 10.1. The van der Waals surface area contributed by atoms with Crippen molar-refractivity contribution >= 4 is 21.4 Å². The number of benzene rings is 2. The summed E-state index contributed by atoms with van der Waals surface area (Å²) in [6.45, 7) is 3.30. The summed E-state index contributed by atoms with van der Waals surface area (Å²) < 4.78 is 54.2. The predicted molar refractivity (Wildman–Crippen MR) is 108 cm³/mol. The molecule has 1 atom stereocenters. The number of hydrogen-bond acceptors (Lipinski definition) is 6. The Balaban J connectivity index is 1.89. The average molecular weight is 440 g/mol. The van der Waals surface area contributed by atoms with Gasteiger partial charge in [0.25, 0.3) is 5.69 Å². The van der Waals surface area contributed by atoms with Gasteiger partial charge in [0.2, 0.25) is 10.0 Å². The Hall–Kier alpha value is -2.63. The molecule has 0 aromatic heterocycles. The van der Waals surface area contributed by atoms with Crippen molar-refractivity contribution in [3.8, 4) is 0 Å². The first-order valence-corrected chi connectivity index (χ1v) is 10.7. The fraction of sp³-hybridized carbons (Fsp3) is 0.368. The van der Waals surface area contributed by atoms with E-state index in [2.05, 4.69) is 5.32 Å². The van der Waals surface area contributed by atoms with Crippen LogP contribution in [-0.4, -0.2) is 55.8 Å². The van der Waals surface area contributed by atoms with Crippen LogP contribution in [0.3, 0.4) is 0 Å². The Kier molecular flexibility index (Phi) is 6.34. The molecule has 1 aliphatic rings. The lowest BCUT2D eigenvalue weighted by Crippen LogP contribution is -2.47. The van der Waals surface area contributed by atoms with E-state index in [0.717, 1.165) is 18.2 Å². The zero-order valence-corrected chi connectivity index (χ0v) is 17.3. The second kappa shape index (κ2) is 8.62. The third kappa shape index (κ3) is 4.58. The van der Waals surface area contributed by atoms with Crippen molar-refractivity contribution in [3.05, 3.63) is 63.7 Å². The maximum absolute atomic E-state index is 14.0. The van der Waals surface area contributed by atoms with E-state index in [1.54, 1.807) is 6.92 Å². The molecular weight excluding hydrogens is 418 g/mol. The summed E-state index contributed by atoms with van der Waals surface area (Å²) >= 11 is 0. The minimum Gasteiger partial charge on any atom is -0.373 e. The number of nitrogens with zero attached hydrogens (tertiary/aromatic N) is 3. The number of anilines is 1. The van der Waals surface area contributed by atoms with E-state index in [-0.39, 0.29) is 16.1 Å². The predicted octanol–water partition coefficient (Wildman–Crippen LogP) is 2.98. The molecule has 2 aromatic rings. The van der Waals surface area contributed by atoms with E-state index in [0.29, 0.717) is 26.2 Å². The molecule has 1 N–H and O–H groups in total. The summed E-state index contributed by atoms with van der Waals surface area (Å²) in [7, 11) is -1.99. The number of nitro benzene ring substituents is 1. The molecule has 1 heterocycles. The van der Waals surface area contributed by atoms with Gasteiger partial charge in [0.1, 0.15) is 17.3 Å². The van der Waals surface area contributed by atoms with Crippen LogP contribution in [0.2, 0.25) is 0 Å². The van der Waals surface area contributed by atoms with Gasteiger partial charge >= 0.3 is 0 Å². The molecule has 0 aliphatic carbocycles. The van der Waals surface area contributed by atoms with Crippen molar-refractivity contribution < 1.29 is 22.1 Å². The van der Waals surface area contributed by atoms with Crippen molar-refractivity contribution in [2.24, 2.45) is 0 Å². The van der Waals surface area contributed by atoms with Gasteiger partial charge in [-0.3, -0.25) is 10.1 Å². The normalized spacial score (nSPS) is 16.9. The zero-order valence-electron chi connectivity index (χ0n) is 16.5. The van der Waals surface area contributed by atoms with E-state index >= 15 is 0 Å². The Morgan fingerprint density at radius 2 is 1.77 bits per heavy atom. The van der Waals surface area contributed by atoms with E-state index in [1.165, 1.54) is 22.5 Å². The number of nitro groups is 1. The van der Waals surface area contributed by atoms with Gasteiger partial charge in [0.05, 0.1) is 15.9 Å². The van der Waals surface area contributed by atoms with Crippen LogP contribution >= 0.6 is 0 Å². The minimum atomic E-state index is -3.88. The van der Waals surface area contributed by atoms with Gasteiger partial charge in [-0.15, -0.1) is 0 Å². The van der Waals surface area contributed by atoms with Crippen LogP contribution in [0.1, 0.15) is 18.5 Å². The van der Waals surface area contributed by atoms with Crippen LogP contribution in [0.15, 0.2) is 41.3 Å². The van der Waals surface area contributed by atoms with Gasteiger partial charge in [0.15, 0.2) is 0 Å². The maximum Gasteiger partial charge on any atom is 0.293 e. The largest absolute Gasteiger partial charge is 0.373 e. The number of rotatable bonds is 6. The molecule has 0 unspecified atom stereocenters. The van der Waals surface area contributed by atoms with Crippen molar-refractivity contribution in [3.63, 3.8) is 0 Å². The number of piperazine rings is 1. The highest BCUT2D eigenvalue weighted by atomic mass is 32.2. The van der Waals surface area contributed by atoms with Gasteiger partial charge in [0, 0.05) is 43.9 Å². The van der Waals surface area contributed by atoms with Crippen LogP contribution in [0, 0.1) is 21.7 Å². The van der Waals surface area contributed by atoms with Gasteiger partial charge in [-0.25, -0.2) is 17.2 Å². The fourth-order valence-corrected chi connectivity index (χ4v) is 4.73. The molecule has 8 nitrogen and oxygen atoms in total. The summed E-state index contributed by atoms with van der Waals surface area (Å²) in [6.07, 6.45) is 0. The first kappa shape index (κ1) is 22.1. The molecule has 2 aromatic carbocycles. The van der Waals surface area contributed by atoms with Crippen LogP contribution in [0.4, 0.5) is 20.2 Å². The number of sulfonamides is 1.